The van der Waals surface area contributed by atoms with Crippen molar-refractivity contribution < 1.29 is 13.2 Å². The number of carbonyl (C=O) groups excluding carboxylic acids is 1. The second kappa shape index (κ2) is 10.2. The second-order valence-electron chi connectivity index (χ2n) is 9.47. The Kier molecular flexibility index (Phi) is 8.05. The molecule has 0 aromatic heterocycles. The number of nitrogen functional groups attached to an aromatic ring is 1. The van der Waals surface area contributed by atoms with Gasteiger partial charge in [-0.3, -0.25) is 9.69 Å². The van der Waals surface area contributed by atoms with Gasteiger partial charge in [-0.2, -0.15) is 4.31 Å². The van der Waals surface area contributed by atoms with Crippen LogP contribution in [0, 0.1) is 5.92 Å². The summed E-state index contributed by atoms with van der Waals surface area (Å²) in [5, 5.41) is 0.409. The normalized spacial score (nSPS) is 20.8. The number of hydrogen-bond acceptors (Lipinski definition) is 5. The molecule has 0 amide bonds. The molecule has 2 N–H and O–H groups in total. The van der Waals surface area contributed by atoms with Gasteiger partial charge in [0, 0.05) is 43.8 Å². The molecular weight excluding hydrogens is 434 g/mol. The van der Waals surface area contributed by atoms with Gasteiger partial charge in [-0.1, -0.05) is 50.8 Å². The molecule has 1 saturated carbocycles. The van der Waals surface area contributed by atoms with Gasteiger partial charge in [0.15, 0.2) is 5.78 Å². The first-order valence-electron chi connectivity index (χ1n) is 11.4. The molecule has 0 unspecified atom stereocenters. The molecule has 1 aromatic carbocycles. The summed E-state index contributed by atoms with van der Waals surface area (Å²) < 4.78 is 26.9. The van der Waals surface area contributed by atoms with Crippen molar-refractivity contribution in [2.24, 2.45) is 5.92 Å². The first-order valence-corrected chi connectivity index (χ1v) is 13.4. The van der Waals surface area contributed by atoms with Crippen LogP contribution >= 0.6 is 11.6 Å². The molecular formula is C23H36ClN3O3S. The van der Waals surface area contributed by atoms with Crippen LogP contribution in [-0.4, -0.2) is 60.9 Å². The third-order valence-electron chi connectivity index (χ3n) is 6.77. The van der Waals surface area contributed by atoms with Gasteiger partial charge in [0.05, 0.1) is 16.3 Å². The van der Waals surface area contributed by atoms with Gasteiger partial charge in [0.25, 0.3) is 0 Å². The number of nitrogens with two attached hydrogens (primary N) is 1. The smallest absolute Gasteiger partial charge is 0.214 e. The predicted molar refractivity (Wildman–Crippen MR) is 127 cm³/mol. The van der Waals surface area contributed by atoms with Crippen LogP contribution in [0.2, 0.25) is 5.02 Å². The number of sulfonamides is 1. The van der Waals surface area contributed by atoms with Gasteiger partial charge in [0.2, 0.25) is 10.0 Å². The number of ketones is 1. The number of benzene rings is 1. The molecule has 3 rings (SSSR count). The highest BCUT2D eigenvalue weighted by atomic mass is 35.5. The van der Waals surface area contributed by atoms with E-state index < -0.39 is 10.0 Å². The highest BCUT2D eigenvalue weighted by Gasteiger charge is 2.41. The fraction of sp³-hybridized carbons (Fsp3) is 0.696. The lowest BCUT2D eigenvalue weighted by Gasteiger charge is -2.50. The van der Waals surface area contributed by atoms with Crippen molar-refractivity contribution >= 4 is 33.1 Å². The summed E-state index contributed by atoms with van der Waals surface area (Å²) in [5.74, 6) is 0.313. The van der Waals surface area contributed by atoms with E-state index in [9.17, 15) is 13.2 Å². The molecule has 1 aliphatic carbocycles. The van der Waals surface area contributed by atoms with Gasteiger partial charge < -0.3 is 5.73 Å². The minimum absolute atomic E-state index is 0.00815. The van der Waals surface area contributed by atoms with Gasteiger partial charge in [-0.25, -0.2) is 8.42 Å². The zero-order chi connectivity index (χ0) is 22.6. The molecule has 1 aromatic rings. The standard InChI is InChI=1S/C23H36ClN3O3S/c1-18(2)17-31(29,30)27-15-13-26(14-16-27)23(10-4-3-5-11-23)12-9-21(28)22-19(24)7-6-8-20(22)25/h6-8,18H,3-5,9-17,25H2,1-2H3. The van der Waals surface area contributed by atoms with E-state index >= 15 is 0 Å². The molecule has 174 valence electrons. The quantitative estimate of drug-likeness (QED) is 0.455. The van der Waals surface area contributed by atoms with Crippen molar-refractivity contribution in [1.29, 1.82) is 0 Å². The maximum Gasteiger partial charge on any atom is 0.214 e. The lowest BCUT2D eigenvalue weighted by molar-refractivity contribution is 0.0165. The number of piperazine rings is 1. The number of hydrogen-bond donors (Lipinski definition) is 1. The lowest BCUT2D eigenvalue weighted by atomic mass is 9.76. The van der Waals surface area contributed by atoms with Crippen LogP contribution in [0.25, 0.3) is 0 Å². The van der Waals surface area contributed by atoms with Crippen molar-refractivity contribution in [3.05, 3.63) is 28.8 Å². The van der Waals surface area contributed by atoms with E-state index in [4.69, 9.17) is 17.3 Å². The second-order valence-corrected chi connectivity index (χ2v) is 11.9. The topological polar surface area (TPSA) is 83.7 Å². The van der Waals surface area contributed by atoms with Crippen LogP contribution in [-0.2, 0) is 10.0 Å². The van der Waals surface area contributed by atoms with Gasteiger partial charge in [0.1, 0.15) is 0 Å². The SMILES string of the molecule is CC(C)CS(=O)(=O)N1CCN(C2(CCC(=O)c3c(N)cccc3Cl)CCCCC2)CC1. The van der Waals surface area contributed by atoms with E-state index in [-0.39, 0.29) is 23.0 Å². The Morgan fingerprint density at radius 1 is 1.13 bits per heavy atom. The van der Waals surface area contributed by atoms with Crippen molar-refractivity contribution in [2.45, 2.75) is 64.3 Å². The van der Waals surface area contributed by atoms with E-state index in [0.717, 1.165) is 45.2 Å². The largest absolute Gasteiger partial charge is 0.398 e. The highest BCUT2D eigenvalue weighted by molar-refractivity contribution is 7.89. The Labute approximate surface area is 192 Å². The Morgan fingerprint density at radius 3 is 2.35 bits per heavy atom. The lowest BCUT2D eigenvalue weighted by Crippen LogP contribution is -2.59. The van der Waals surface area contributed by atoms with Crippen molar-refractivity contribution in [3.63, 3.8) is 0 Å². The first-order chi connectivity index (χ1) is 14.6. The number of rotatable bonds is 8. The molecule has 0 bridgehead atoms. The zero-order valence-electron chi connectivity index (χ0n) is 18.8. The average molecular weight is 470 g/mol. The molecule has 6 nitrogen and oxygen atoms in total. The molecule has 31 heavy (non-hydrogen) atoms. The van der Waals surface area contributed by atoms with Crippen LogP contribution in [0.3, 0.4) is 0 Å². The third-order valence-corrected chi connectivity index (χ3v) is 9.33. The minimum Gasteiger partial charge on any atom is -0.398 e. The maximum absolute atomic E-state index is 13.0. The summed E-state index contributed by atoms with van der Waals surface area (Å²) >= 11 is 6.25. The monoisotopic (exact) mass is 469 g/mol. The van der Waals surface area contributed by atoms with Gasteiger partial charge in [-0.15, -0.1) is 0 Å². The van der Waals surface area contributed by atoms with Crippen LogP contribution in [0.1, 0.15) is 69.2 Å². The summed E-state index contributed by atoms with van der Waals surface area (Å²) in [5.41, 5.74) is 6.84. The summed E-state index contributed by atoms with van der Waals surface area (Å²) in [6.45, 7) is 6.38. The van der Waals surface area contributed by atoms with Crippen LogP contribution < -0.4 is 5.73 Å². The molecule has 1 aliphatic heterocycles. The summed E-state index contributed by atoms with van der Waals surface area (Å²) in [6, 6.07) is 5.18. The number of halogens is 1. The minimum atomic E-state index is -3.20. The highest BCUT2D eigenvalue weighted by Crippen LogP contribution is 2.39. The van der Waals surface area contributed by atoms with Crippen LogP contribution in [0.15, 0.2) is 18.2 Å². The number of anilines is 1. The Morgan fingerprint density at radius 2 is 1.77 bits per heavy atom. The summed E-state index contributed by atoms with van der Waals surface area (Å²) in [4.78, 5) is 15.4. The zero-order valence-corrected chi connectivity index (χ0v) is 20.3. The average Bonchev–Trinajstić information content (AvgIpc) is 2.72. The van der Waals surface area contributed by atoms with E-state index in [1.54, 1.807) is 22.5 Å². The Hall–Kier alpha value is -1.15. The Balaban J connectivity index is 1.68. The van der Waals surface area contributed by atoms with E-state index in [0.29, 0.717) is 35.8 Å². The molecule has 1 heterocycles. The van der Waals surface area contributed by atoms with E-state index in [1.165, 1.54) is 6.42 Å². The molecule has 0 radical (unpaired) electrons. The van der Waals surface area contributed by atoms with Crippen molar-refractivity contribution in [2.75, 3.05) is 37.7 Å². The van der Waals surface area contributed by atoms with Crippen LogP contribution in [0.4, 0.5) is 5.69 Å². The van der Waals surface area contributed by atoms with Crippen molar-refractivity contribution in [1.82, 2.24) is 9.21 Å². The van der Waals surface area contributed by atoms with E-state index in [1.807, 2.05) is 13.8 Å². The van der Waals surface area contributed by atoms with E-state index in [2.05, 4.69) is 4.90 Å². The molecule has 2 fully saturated rings. The number of Topliss-reactive ketones (excluding diaryl/α,β-unsaturated/α-hetero) is 1. The molecule has 1 saturated heterocycles. The molecule has 2 aliphatic rings. The van der Waals surface area contributed by atoms with Gasteiger partial charge in [-0.05, 0) is 37.3 Å². The maximum atomic E-state index is 13.0. The molecule has 0 spiro atoms. The summed E-state index contributed by atoms with van der Waals surface area (Å²) in [6.07, 6.45) is 6.78. The third kappa shape index (κ3) is 5.81. The molecule has 8 heteroatoms. The number of carbonyl (C=O) groups is 1. The van der Waals surface area contributed by atoms with Crippen molar-refractivity contribution in [3.8, 4) is 0 Å². The fourth-order valence-electron chi connectivity index (χ4n) is 5.21. The predicted octanol–water partition coefficient (Wildman–Crippen LogP) is 4.19. The Bertz CT molecular complexity index is 854. The van der Waals surface area contributed by atoms with Gasteiger partial charge >= 0.3 is 0 Å². The summed E-state index contributed by atoms with van der Waals surface area (Å²) in [7, 11) is -3.20. The molecule has 0 atom stereocenters. The fourth-order valence-corrected chi connectivity index (χ4v) is 7.27. The van der Waals surface area contributed by atoms with Crippen LogP contribution in [0.5, 0.6) is 0 Å². The number of nitrogens with zero attached hydrogens (tertiary/aromatic N) is 2. The first kappa shape index (κ1) is 24.5.